The summed E-state index contributed by atoms with van der Waals surface area (Å²) in [5, 5.41) is 12.9. The molecule has 0 aliphatic heterocycles. The third kappa shape index (κ3) is 2.65. The van der Waals surface area contributed by atoms with Crippen LogP contribution in [-0.4, -0.2) is 27.8 Å². The van der Waals surface area contributed by atoms with Gasteiger partial charge in [0.1, 0.15) is 17.3 Å². The van der Waals surface area contributed by atoms with Gasteiger partial charge in [0.15, 0.2) is 0 Å². The number of aryl methyl sites for hydroxylation is 1. The average Bonchev–Trinajstić information content (AvgIpc) is 3.05. The number of methoxy groups -OCH3 is 1. The van der Waals surface area contributed by atoms with Crippen LogP contribution < -0.4 is 5.32 Å². The molecule has 6 nitrogen and oxygen atoms in total. The van der Waals surface area contributed by atoms with Gasteiger partial charge in [-0.1, -0.05) is 29.5 Å². The van der Waals surface area contributed by atoms with Crippen molar-refractivity contribution in [2.24, 2.45) is 7.05 Å². The largest absolute Gasteiger partial charge is 0.377 e. The van der Waals surface area contributed by atoms with E-state index in [-0.39, 0.29) is 5.91 Å². The zero-order chi connectivity index (χ0) is 14.8. The van der Waals surface area contributed by atoms with E-state index in [4.69, 9.17) is 4.74 Å². The predicted molar refractivity (Wildman–Crippen MR) is 81.5 cm³/mol. The van der Waals surface area contributed by atoms with Gasteiger partial charge in [0.25, 0.3) is 5.91 Å². The number of para-hydroxylation sites is 1. The zero-order valence-corrected chi connectivity index (χ0v) is 12.5. The van der Waals surface area contributed by atoms with Crippen LogP contribution in [0.3, 0.4) is 0 Å². The minimum atomic E-state index is -0.200. The monoisotopic (exact) mass is 302 g/mol. The molecule has 0 radical (unpaired) electrons. The number of hydrogen-bond donors (Lipinski definition) is 1. The Morgan fingerprint density at radius 3 is 2.95 bits per heavy atom. The molecule has 1 N–H and O–H groups in total. The van der Waals surface area contributed by atoms with E-state index in [0.29, 0.717) is 17.4 Å². The lowest BCUT2D eigenvalue weighted by atomic mass is 10.2. The van der Waals surface area contributed by atoms with Crippen LogP contribution in [0.5, 0.6) is 0 Å². The topological polar surface area (TPSA) is 69.0 Å². The first-order chi connectivity index (χ1) is 10.2. The third-order valence-corrected chi connectivity index (χ3v) is 3.95. The van der Waals surface area contributed by atoms with Crippen molar-refractivity contribution in [3.8, 4) is 0 Å². The fraction of sp³-hybridized carbons (Fsp3) is 0.214. The van der Waals surface area contributed by atoms with Crippen LogP contribution >= 0.6 is 11.3 Å². The standard InChI is InChI=1S/C14H14N4O2S/c1-18-10-6-4-3-5-9(10)7-11(18)13(19)15-14-17-16-12(21-14)8-20-2/h3-7H,8H2,1-2H3,(H,15,17,19). The summed E-state index contributed by atoms with van der Waals surface area (Å²) in [5.74, 6) is -0.200. The molecular weight excluding hydrogens is 288 g/mol. The van der Waals surface area contributed by atoms with E-state index in [1.54, 1.807) is 7.11 Å². The zero-order valence-electron chi connectivity index (χ0n) is 11.7. The number of nitrogens with zero attached hydrogens (tertiary/aromatic N) is 3. The molecule has 0 bridgehead atoms. The lowest BCUT2D eigenvalue weighted by molar-refractivity contribution is 0.101. The van der Waals surface area contributed by atoms with E-state index in [0.717, 1.165) is 15.9 Å². The SMILES string of the molecule is COCc1nnc(NC(=O)c2cc3ccccc3n2C)s1. The highest BCUT2D eigenvalue weighted by Crippen LogP contribution is 2.21. The van der Waals surface area contributed by atoms with Gasteiger partial charge >= 0.3 is 0 Å². The molecule has 0 aliphatic rings. The Morgan fingerprint density at radius 1 is 1.38 bits per heavy atom. The minimum Gasteiger partial charge on any atom is -0.377 e. The van der Waals surface area contributed by atoms with Crippen molar-refractivity contribution in [1.29, 1.82) is 0 Å². The second kappa shape index (κ2) is 5.63. The number of carbonyl (C=O) groups excluding carboxylic acids is 1. The molecule has 0 atom stereocenters. The molecule has 21 heavy (non-hydrogen) atoms. The Balaban J connectivity index is 1.84. The van der Waals surface area contributed by atoms with Gasteiger partial charge in [-0.2, -0.15) is 0 Å². The average molecular weight is 302 g/mol. The van der Waals surface area contributed by atoms with E-state index in [2.05, 4.69) is 15.5 Å². The van der Waals surface area contributed by atoms with Gasteiger partial charge in [0.2, 0.25) is 5.13 Å². The number of rotatable bonds is 4. The second-order valence-corrected chi connectivity index (χ2v) is 5.60. The van der Waals surface area contributed by atoms with Crippen molar-refractivity contribution in [2.45, 2.75) is 6.61 Å². The highest BCUT2D eigenvalue weighted by molar-refractivity contribution is 7.15. The van der Waals surface area contributed by atoms with Gasteiger partial charge in [0.05, 0.1) is 0 Å². The molecule has 1 aromatic carbocycles. The summed E-state index contributed by atoms with van der Waals surface area (Å²) in [7, 11) is 3.46. The summed E-state index contributed by atoms with van der Waals surface area (Å²) in [5.41, 5.74) is 1.60. The summed E-state index contributed by atoms with van der Waals surface area (Å²) in [6.07, 6.45) is 0. The maximum Gasteiger partial charge on any atom is 0.274 e. The fourth-order valence-electron chi connectivity index (χ4n) is 2.15. The molecule has 1 amide bonds. The van der Waals surface area contributed by atoms with Crippen LogP contribution in [0.15, 0.2) is 30.3 Å². The van der Waals surface area contributed by atoms with Gasteiger partial charge in [-0.05, 0) is 12.1 Å². The quantitative estimate of drug-likeness (QED) is 0.803. The molecule has 2 heterocycles. The number of amides is 1. The van der Waals surface area contributed by atoms with Crippen LogP contribution in [-0.2, 0) is 18.4 Å². The summed E-state index contributed by atoms with van der Waals surface area (Å²) in [6.45, 7) is 0.390. The third-order valence-electron chi connectivity index (χ3n) is 3.14. The van der Waals surface area contributed by atoms with E-state index in [1.807, 2.05) is 41.9 Å². The van der Waals surface area contributed by atoms with Crippen LogP contribution in [0, 0.1) is 0 Å². The highest BCUT2D eigenvalue weighted by atomic mass is 32.1. The van der Waals surface area contributed by atoms with Crippen molar-refractivity contribution >= 4 is 33.3 Å². The number of carbonyl (C=O) groups is 1. The molecule has 3 rings (SSSR count). The first kappa shape index (κ1) is 13.7. The summed E-state index contributed by atoms with van der Waals surface area (Å²) in [6, 6.07) is 9.72. The van der Waals surface area contributed by atoms with Gasteiger partial charge < -0.3 is 9.30 Å². The molecule has 3 aromatic rings. The Kier molecular flexibility index (Phi) is 3.68. The molecule has 0 unspecified atom stereocenters. The summed E-state index contributed by atoms with van der Waals surface area (Å²) >= 11 is 1.30. The first-order valence-electron chi connectivity index (χ1n) is 6.36. The van der Waals surface area contributed by atoms with E-state index in [9.17, 15) is 4.79 Å². The van der Waals surface area contributed by atoms with Crippen LogP contribution in [0.2, 0.25) is 0 Å². The minimum absolute atomic E-state index is 0.200. The highest BCUT2D eigenvalue weighted by Gasteiger charge is 2.15. The lowest BCUT2D eigenvalue weighted by Crippen LogP contribution is -2.15. The van der Waals surface area contributed by atoms with Crippen molar-refractivity contribution in [3.63, 3.8) is 0 Å². The molecule has 0 saturated carbocycles. The van der Waals surface area contributed by atoms with Crippen molar-refractivity contribution in [3.05, 3.63) is 41.0 Å². The molecule has 0 saturated heterocycles. The molecule has 0 spiro atoms. The van der Waals surface area contributed by atoms with Crippen molar-refractivity contribution in [1.82, 2.24) is 14.8 Å². The van der Waals surface area contributed by atoms with Gasteiger partial charge in [-0.3, -0.25) is 10.1 Å². The van der Waals surface area contributed by atoms with Crippen molar-refractivity contribution in [2.75, 3.05) is 12.4 Å². The van der Waals surface area contributed by atoms with E-state index in [1.165, 1.54) is 11.3 Å². The number of ether oxygens (including phenoxy) is 1. The molecule has 108 valence electrons. The summed E-state index contributed by atoms with van der Waals surface area (Å²) in [4.78, 5) is 12.3. The molecule has 0 aliphatic carbocycles. The van der Waals surface area contributed by atoms with Gasteiger partial charge in [0, 0.05) is 25.1 Å². The van der Waals surface area contributed by atoms with Crippen LogP contribution in [0.1, 0.15) is 15.5 Å². The van der Waals surface area contributed by atoms with Gasteiger partial charge in [-0.15, -0.1) is 10.2 Å². The Hall–Kier alpha value is -2.25. The number of anilines is 1. The molecule has 0 fully saturated rings. The molecular formula is C14H14N4O2S. The Labute approximate surface area is 125 Å². The smallest absolute Gasteiger partial charge is 0.274 e. The maximum atomic E-state index is 12.3. The van der Waals surface area contributed by atoms with Gasteiger partial charge in [-0.25, -0.2) is 0 Å². The van der Waals surface area contributed by atoms with Crippen LogP contribution in [0.4, 0.5) is 5.13 Å². The Morgan fingerprint density at radius 2 is 2.19 bits per heavy atom. The first-order valence-corrected chi connectivity index (χ1v) is 7.18. The number of fused-ring (bicyclic) bond motifs is 1. The lowest BCUT2D eigenvalue weighted by Gasteiger charge is -2.03. The number of hydrogen-bond acceptors (Lipinski definition) is 5. The maximum absolute atomic E-state index is 12.3. The number of benzene rings is 1. The predicted octanol–water partition coefficient (Wildman–Crippen LogP) is 2.43. The summed E-state index contributed by atoms with van der Waals surface area (Å²) < 4.78 is 6.84. The number of nitrogens with one attached hydrogen (secondary N) is 1. The Bertz CT molecular complexity index is 793. The normalized spacial score (nSPS) is 11.0. The second-order valence-electron chi connectivity index (χ2n) is 4.54. The fourth-order valence-corrected chi connectivity index (χ4v) is 2.86. The molecule has 2 aromatic heterocycles. The van der Waals surface area contributed by atoms with Crippen LogP contribution in [0.25, 0.3) is 10.9 Å². The van der Waals surface area contributed by atoms with Crippen molar-refractivity contribution < 1.29 is 9.53 Å². The van der Waals surface area contributed by atoms with E-state index >= 15 is 0 Å². The molecule has 7 heteroatoms. The number of aromatic nitrogens is 3. The van der Waals surface area contributed by atoms with E-state index < -0.39 is 0 Å².